The molecule has 1 amide bonds. The van der Waals surface area contributed by atoms with E-state index in [0.717, 1.165) is 27.9 Å². The first kappa shape index (κ1) is 17.2. The van der Waals surface area contributed by atoms with Gasteiger partial charge in [-0.1, -0.05) is 24.3 Å². The van der Waals surface area contributed by atoms with Gasteiger partial charge in [-0.3, -0.25) is 9.59 Å². The molecule has 0 aliphatic carbocycles. The van der Waals surface area contributed by atoms with E-state index in [0.29, 0.717) is 12.3 Å². The predicted molar refractivity (Wildman–Crippen MR) is 97.9 cm³/mol. The lowest BCUT2D eigenvalue weighted by atomic mass is 10.1. The van der Waals surface area contributed by atoms with Gasteiger partial charge in [0.2, 0.25) is 5.91 Å². The van der Waals surface area contributed by atoms with Gasteiger partial charge in [0.05, 0.1) is 5.92 Å². The number of carbonyl (C=O) groups is 2. The molecule has 0 unspecified atom stereocenters. The van der Waals surface area contributed by atoms with Crippen LogP contribution in [-0.2, 0) is 9.59 Å². The smallest absolute Gasteiger partial charge is 0.316 e. The molecular formula is C21H23NO3. The molecule has 0 radical (unpaired) electrons. The van der Waals surface area contributed by atoms with E-state index in [1.165, 1.54) is 0 Å². The van der Waals surface area contributed by atoms with Crippen molar-refractivity contribution in [1.82, 2.24) is 0 Å². The standard InChI is InChI=1S/C21H23NO3/c1-13-8-14(2)10-18(9-13)22-12-17(11-19(22)23)21(24)25-20-15(3)6-5-7-16(20)4/h5-10,17H,11-12H2,1-4H3/t17-/m1/s1. The fraction of sp³-hybridized carbons (Fsp3) is 0.333. The monoisotopic (exact) mass is 337 g/mol. The van der Waals surface area contributed by atoms with Crippen molar-refractivity contribution in [3.8, 4) is 5.75 Å². The third kappa shape index (κ3) is 3.58. The van der Waals surface area contributed by atoms with Gasteiger partial charge in [0.25, 0.3) is 0 Å². The first-order valence-electron chi connectivity index (χ1n) is 8.51. The van der Waals surface area contributed by atoms with Crippen LogP contribution in [0.5, 0.6) is 5.75 Å². The second kappa shape index (κ2) is 6.71. The maximum atomic E-state index is 12.6. The fourth-order valence-corrected chi connectivity index (χ4v) is 3.37. The van der Waals surface area contributed by atoms with Crippen LogP contribution in [0.15, 0.2) is 36.4 Å². The highest BCUT2D eigenvalue weighted by Crippen LogP contribution is 2.29. The number of esters is 1. The molecule has 1 aliphatic heterocycles. The average Bonchev–Trinajstić information content (AvgIpc) is 2.92. The second-order valence-electron chi connectivity index (χ2n) is 6.89. The molecule has 4 nitrogen and oxygen atoms in total. The van der Waals surface area contributed by atoms with Gasteiger partial charge in [-0.15, -0.1) is 0 Å². The molecule has 4 heteroatoms. The van der Waals surface area contributed by atoms with Gasteiger partial charge in [-0.25, -0.2) is 0 Å². The number of anilines is 1. The second-order valence-corrected chi connectivity index (χ2v) is 6.89. The molecule has 1 aliphatic rings. The van der Waals surface area contributed by atoms with Gasteiger partial charge in [0.1, 0.15) is 5.75 Å². The fourth-order valence-electron chi connectivity index (χ4n) is 3.37. The number of para-hydroxylation sites is 1. The zero-order chi connectivity index (χ0) is 18.1. The van der Waals surface area contributed by atoms with Gasteiger partial charge in [-0.2, -0.15) is 0 Å². The van der Waals surface area contributed by atoms with Crippen molar-refractivity contribution in [2.45, 2.75) is 34.1 Å². The third-order valence-corrected chi connectivity index (χ3v) is 4.59. The van der Waals surface area contributed by atoms with E-state index < -0.39 is 5.92 Å². The van der Waals surface area contributed by atoms with Gasteiger partial charge in [-0.05, 0) is 62.1 Å². The molecule has 25 heavy (non-hydrogen) atoms. The lowest BCUT2D eigenvalue weighted by Gasteiger charge is -2.18. The van der Waals surface area contributed by atoms with Crippen LogP contribution in [0.2, 0.25) is 0 Å². The number of aryl methyl sites for hydroxylation is 4. The maximum absolute atomic E-state index is 12.6. The van der Waals surface area contributed by atoms with E-state index in [9.17, 15) is 9.59 Å². The van der Waals surface area contributed by atoms with Crippen molar-refractivity contribution in [2.24, 2.45) is 5.92 Å². The number of rotatable bonds is 3. The summed E-state index contributed by atoms with van der Waals surface area (Å²) in [5.41, 5.74) is 4.89. The van der Waals surface area contributed by atoms with Gasteiger partial charge in [0.15, 0.2) is 0 Å². The number of carbonyl (C=O) groups excluding carboxylic acids is 2. The molecule has 0 bridgehead atoms. The summed E-state index contributed by atoms with van der Waals surface area (Å²) in [6.45, 7) is 8.20. The molecule has 0 aromatic heterocycles. The van der Waals surface area contributed by atoms with Crippen molar-refractivity contribution in [1.29, 1.82) is 0 Å². The minimum atomic E-state index is -0.438. The Morgan fingerprint density at radius 2 is 1.64 bits per heavy atom. The largest absolute Gasteiger partial charge is 0.426 e. The quantitative estimate of drug-likeness (QED) is 0.631. The topological polar surface area (TPSA) is 46.6 Å². The van der Waals surface area contributed by atoms with Crippen molar-refractivity contribution in [2.75, 3.05) is 11.4 Å². The summed E-state index contributed by atoms with van der Waals surface area (Å²) in [6, 6.07) is 11.8. The zero-order valence-electron chi connectivity index (χ0n) is 15.1. The normalized spacial score (nSPS) is 17.0. The van der Waals surface area contributed by atoms with Crippen LogP contribution in [0, 0.1) is 33.6 Å². The van der Waals surface area contributed by atoms with Gasteiger partial charge < -0.3 is 9.64 Å². The van der Waals surface area contributed by atoms with E-state index in [1.54, 1.807) is 4.90 Å². The highest BCUT2D eigenvalue weighted by molar-refractivity contribution is 5.99. The van der Waals surface area contributed by atoms with Crippen LogP contribution in [0.3, 0.4) is 0 Å². The highest BCUT2D eigenvalue weighted by Gasteiger charge is 2.36. The minimum Gasteiger partial charge on any atom is -0.426 e. The van der Waals surface area contributed by atoms with E-state index >= 15 is 0 Å². The Labute approximate surface area is 148 Å². The van der Waals surface area contributed by atoms with Crippen LogP contribution < -0.4 is 9.64 Å². The third-order valence-electron chi connectivity index (χ3n) is 4.59. The predicted octanol–water partition coefficient (Wildman–Crippen LogP) is 3.88. The van der Waals surface area contributed by atoms with Crippen molar-refractivity contribution >= 4 is 17.6 Å². The Morgan fingerprint density at radius 3 is 2.24 bits per heavy atom. The molecule has 1 fully saturated rings. The molecule has 1 heterocycles. The van der Waals surface area contributed by atoms with Crippen molar-refractivity contribution in [3.05, 3.63) is 58.7 Å². The summed E-state index contributed by atoms with van der Waals surface area (Å²) in [5, 5.41) is 0. The average molecular weight is 337 g/mol. The highest BCUT2D eigenvalue weighted by atomic mass is 16.5. The summed E-state index contributed by atoms with van der Waals surface area (Å²) < 4.78 is 5.62. The number of benzene rings is 2. The first-order valence-corrected chi connectivity index (χ1v) is 8.51. The Kier molecular flexibility index (Phi) is 4.62. The van der Waals surface area contributed by atoms with Crippen LogP contribution >= 0.6 is 0 Å². The van der Waals surface area contributed by atoms with Crippen LogP contribution in [0.4, 0.5) is 5.69 Å². The summed E-state index contributed by atoms with van der Waals surface area (Å²) in [5.74, 6) is -0.205. The summed E-state index contributed by atoms with van der Waals surface area (Å²) >= 11 is 0. The lowest BCUT2D eigenvalue weighted by Crippen LogP contribution is -2.27. The molecule has 2 aromatic carbocycles. The van der Waals surface area contributed by atoms with Crippen molar-refractivity contribution in [3.63, 3.8) is 0 Å². The Balaban J connectivity index is 1.77. The Morgan fingerprint density at radius 1 is 1.04 bits per heavy atom. The van der Waals surface area contributed by atoms with E-state index in [-0.39, 0.29) is 18.3 Å². The zero-order valence-corrected chi connectivity index (χ0v) is 15.1. The van der Waals surface area contributed by atoms with Crippen LogP contribution in [-0.4, -0.2) is 18.4 Å². The van der Waals surface area contributed by atoms with E-state index in [4.69, 9.17) is 4.74 Å². The maximum Gasteiger partial charge on any atom is 0.316 e. The lowest BCUT2D eigenvalue weighted by molar-refractivity contribution is -0.139. The first-order chi connectivity index (χ1) is 11.8. The Hall–Kier alpha value is -2.62. The Bertz CT molecular complexity index is 801. The molecule has 2 aromatic rings. The van der Waals surface area contributed by atoms with Crippen LogP contribution in [0.25, 0.3) is 0 Å². The molecule has 3 rings (SSSR count). The number of hydrogen-bond acceptors (Lipinski definition) is 3. The number of amides is 1. The molecule has 0 saturated carbocycles. The van der Waals surface area contributed by atoms with Crippen LogP contribution in [0.1, 0.15) is 28.7 Å². The summed E-state index contributed by atoms with van der Waals surface area (Å²) in [6.07, 6.45) is 0.191. The molecule has 1 atom stereocenters. The van der Waals surface area contributed by atoms with E-state index in [1.807, 2.05) is 58.0 Å². The summed E-state index contributed by atoms with van der Waals surface area (Å²) in [4.78, 5) is 26.7. The molecule has 130 valence electrons. The van der Waals surface area contributed by atoms with Crippen molar-refractivity contribution < 1.29 is 14.3 Å². The molecule has 1 saturated heterocycles. The number of nitrogens with zero attached hydrogens (tertiary/aromatic N) is 1. The van der Waals surface area contributed by atoms with Gasteiger partial charge in [0, 0.05) is 18.7 Å². The minimum absolute atomic E-state index is 0.0338. The van der Waals surface area contributed by atoms with Gasteiger partial charge >= 0.3 is 5.97 Å². The number of ether oxygens (including phenoxy) is 1. The SMILES string of the molecule is Cc1cc(C)cc(N2C[C@H](C(=O)Oc3c(C)cccc3C)CC2=O)c1. The van der Waals surface area contributed by atoms with E-state index in [2.05, 4.69) is 6.07 Å². The molecule has 0 spiro atoms. The summed E-state index contributed by atoms with van der Waals surface area (Å²) in [7, 11) is 0. The molecular weight excluding hydrogens is 314 g/mol. The molecule has 0 N–H and O–H groups in total. The number of hydrogen-bond donors (Lipinski definition) is 0.